The van der Waals surface area contributed by atoms with E-state index in [1.165, 1.54) is 6.92 Å². The molecule has 0 unspecified atom stereocenters. The summed E-state index contributed by atoms with van der Waals surface area (Å²) >= 11 is 0. The van der Waals surface area contributed by atoms with Crippen LogP contribution in [0.4, 0.5) is 0 Å². The molecule has 0 amide bonds. The van der Waals surface area contributed by atoms with Crippen LogP contribution in [0.3, 0.4) is 0 Å². The van der Waals surface area contributed by atoms with Crippen molar-refractivity contribution in [3.05, 3.63) is 0 Å². The zero-order valence-corrected chi connectivity index (χ0v) is 6.68. The molecule has 0 radical (unpaired) electrons. The van der Waals surface area contributed by atoms with Crippen molar-refractivity contribution in [2.45, 2.75) is 6.92 Å². The van der Waals surface area contributed by atoms with Crippen molar-refractivity contribution in [3.8, 4) is 6.07 Å². The molecule has 3 heteroatoms. The van der Waals surface area contributed by atoms with Crippen LogP contribution in [0.25, 0.3) is 0 Å². The van der Waals surface area contributed by atoms with Crippen LogP contribution in [0.5, 0.6) is 0 Å². The van der Waals surface area contributed by atoms with E-state index in [2.05, 4.69) is 0 Å². The van der Waals surface area contributed by atoms with Gasteiger partial charge in [-0.2, -0.15) is 5.26 Å². The predicted molar refractivity (Wildman–Crippen MR) is 23.2 cm³/mol. The molecule has 0 saturated heterocycles. The van der Waals surface area contributed by atoms with Gasteiger partial charge in [0.2, 0.25) is 0 Å². The Kier molecular flexibility index (Phi) is 68.9. The summed E-state index contributed by atoms with van der Waals surface area (Å²) in [5.41, 5.74) is 0. The Labute approximate surface area is 60.6 Å². The largest absolute Gasteiger partial charge is 1.00 e. The van der Waals surface area contributed by atoms with Crippen molar-refractivity contribution in [2.75, 3.05) is 0 Å². The van der Waals surface area contributed by atoms with E-state index in [0.717, 1.165) is 0 Å². The Balaban J connectivity index is -0.00000000333. The van der Waals surface area contributed by atoms with Crippen LogP contribution in [-0.4, -0.2) is 0 Å². The van der Waals surface area contributed by atoms with E-state index in [0.29, 0.717) is 0 Å². The second kappa shape index (κ2) is 20.5. The first kappa shape index (κ1) is 16.8. The van der Waals surface area contributed by atoms with Crippen LogP contribution in [0.1, 0.15) is 9.78 Å². The van der Waals surface area contributed by atoms with Gasteiger partial charge in [0.05, 0.1) is 6.07 Å². The van der Waals surface area contributed by atoms with Gasteiger partial charge in [0.25, 0.3) is 0 Å². The molecule has 0 fully saturated rings. The predicted octanol–water partition coefficient (Wildman–Crippen LogP) is -1.92. The summed E-state index contributed by atoms with van der Waals surface area (Å²) in [6.45, 7) is 1.43. The maximum atomic E-state index is 7.32. The van der Waals surface area contributed by atoms with Crippen molar-refractivity contribution in [3.63, 3.8) is 0 Å². The third-order valence-corrected chi connectivity index (χ3v) is 0. The molecule has 0 aliphatic heterocycles. The van der Waals surface area contributed by atoms with Gasteiger partial charge in [-0.3, -0.25) is 0 Å². The van der Waals surface area contributed by atoms with Crippen LogP contribution in [-0.2, 0) is 0 Å². The third kappa shape index (κ3) is 49.6. The van der Waals surface area contributed by atoms with Gasteiger partial charge in [-0.05, 0) is 0 Å². The fourth-order valence-corrected chi connectivity index (χ4v) is 0. The van der Waals surface area contributed by atoms with E-state index in [4.69, 9.17) is 5.26 Å². The van der Waals surface area contributed by atoms with Crippen molar-refractivity contribution >= 4 is 9.90 Å². The van der Waals surface area contributed by atoms with Crippen LogP contribution < -0.4 is 29.6 Å². The number of nitrogens with zero attached hydrogens (tertiary/aromatic N) is 1. The monoisotopic (exact) mass is 99.0 g/mol. The number of rotatable bonds is 0. The molecule has 0 heterocycles. The standard InChI is InChI=1S/C2H3N.Na.H2P.H/c1-2-3;;;/h1H3;;1H2;/q;+1;2*-1/p+1. The fourth-order valence-electron chi connectivity index (χ4n) is 0. The molecule has 0 N–H and O–H groups in total. The van der Waals surface area contributed by atoms with Crippen molar-refractivity contribution in [1.82, 2.24) is 0 Å². The number of nitriles is 1. The zero-order valence-electron chi connectivity index (χ0n) is 5.52. The molecular formula is C2H7NNaP. The van der Waals surface area contributed by atoms with E-state index in [1.807, 2.05) is 0 Å². The maximum Gasteiger partial charge on any atom is 1.00 e. The summed E-state index contributed by atoms with van der Waals surface area (Å²) in [7, 11) is 0. The second-order valence-corrected chi connectivity index (χ2v) is 0.224. The first-order chi connectivity index (χ1) is 1.41. The van der Waals surface area contributed by atoms with E-state index >= 15 is 0 Å². The van der Waals surface area contributed by atoms with Crippen molar-refractivity contribution in [1.29, 1.82) is 5.26 Å². The number of hydrogen-bond donors (Lipinski definition) is 0. The quantitative estimate of drug-likeness (QED) is 0.256. The summed E-state index contributed by atoms with van der Waals surface area (Å²) in [5.74, 6) is 0. The molecule has 0 rings (SSSR count). The van der Waals surface area contributed by atoms with E-state index < -0.39 is 0 Å². The topological polar surface area (TPSA) is 23.8 Å². The van der Waals surface area contributed by atoms with E-state index in [1.54, 1.807) is 6.07 Å². The molecule has 26 valence electrons. The Bertz CT molecular complexity index is 37.2. The summed E-state index contributed by atoms with van der Waals surface area (Å²) in [6.07, 6.45) is 0. The first-order valence-electron chi connectivity index (χ1n) is 0.724. The molecule has 0 aromatic rings. The smallest absolute Gasteiger partial charge is 1.00 e. The van der Waals surface area contributed by atoms with Gasteiger partial charge >= 0.3 is 31.0 Å². The number of hydrogen-bond acceptors (Lipinski definition) is 1. The molecule has 0 aliphatic rings. The molecule has 5 heavy (non-hydrogen) atoms. The molecule has 0 aromatic heterocycles. The summed E-state index contributed by atoms with van der Waals surface area (Å²) in [5, 5.41) is 7.32. The van der Waals surface area contributed by atoms with Gasteiger partial charge in [0, 0.05) is 6.92 Å². The van der Waals surface area contributed by atoms with Gasteiger partial charge < -0.3 is 11.3 Å². The molecule has 0 saturated carbocycles. The van der Waals surface area contributed by atoms with Crippen molar-refractivity contribution in [2.24, 2.45) is 0 Å². The average Bonchev–Trinajstić information content (AvgIpc) is 0.918. The third-order valence-electron chi connectivity index (χ3n) is 0. The molecule has 0 aromatic carbocycles. The molecule has 0 aliphatic carbocycles. The Hall–Kier alpha value is 0.920. The van der Waals surface area contributed by atoms with Crippen LogP contribution in [0.2, 0.25) is 0 Å². The average molecular weight is 99.0 g/mol. The molecule has 1 nitrogen and oxygen atoms in total. The second-order valence-electron chi connectivity index (χ2n) is 0.224. The van der Waals surface area contributed by atoms with Gasteiger partial charge in [0.1, 0.15) is 0 Å². The molecular weight excluding hydrogens is 92.0 g/mol. The van der Waals surface area contributed by atoms with E-state index in [9.17, 15) is 0 Å². The summed E-state index contributed by atoms with van der Waals surface area (Å²) in [4.78, 5) is 0. The van der Waals surface area contributed by atoms with Gasteiger partial charge in [0.15, 0.2) is 0 Å². The van der Waals surface area contributed by atoms with Crippen LogP contribution >= 0.6 is 9.90 Å². The zero-order chi connectivity index (χ0) is 2.71. The van der Waals surface area contributed by atoms with Crippen LogP contribution in [0.15, 0.2) is 0 Å². The van der Waals surface area contributed by atoms with E-state index in [-0.39, 0.29) is 42.3 Å². The Morgan fingerprint density at radius 1 is 2.00 bits per heavy atom. The van der Waals surface area contributed by atoms with Gasteiger partial charge in [-0.25, -0.2) is 0 Å². The molecule has 0 atom stereocenters. The Morgan fingerprint density at radius 3 is 2.00 bits per heavy atom. The van der Waals surface area contributed by atoms with Crippen LogP contribution in [0, 0.1) is 11.3 Å². The molecule has 0 spiro atoms. The Morgan fingerprint density at radius 2 is 2.00 bits per heavy atom. The SMILES string of the molecule is CC#N.[H+].[H-].[Na+].[PH2-]. The summed E-state index contributed by atoms with van der Waals surface area (Å²) in [6, 6.07) is 1.75. The molecule has 0 bridgehead atoms. The first-order valence-corrected chi connectivity index (χ1v) is 0.724. The van der Waals surface area contributed by atoms with Gasteiger partial charge in [-0.1, -0.05) is 0 Å². The normalized spacial score (nSPS) is 1.60. The maximum absolute atomic E-state index is 7.32. The minimum Gasteiger partial charge on any atom is -1.00 e. The minimum absolute atomic E-state index is 0. The summed E-state index contributed by atoms with van der Waals surface area (Å²) < 4.78 is 0. The van der Waals surface area contributed by atoms with Gasteiger partial charge in [-0.15, -0.1) is 0 Å². The van der Waals surface area contributed by atoms with Crippen molar-refractivity contribution < 1.29 is 32.4 Å². The fraction of sp³-hybridized carbons (Fsp3) is 0.500. The minimum atomic E-state index is 0.